The molecule has 0 N–H and O–H groups in total. The molecule has 0 saturated heterocycles. The summed E-state index contributed by atoms with van der Waals surface area (Å²) in [5, 5.41) is 0.414. The Morgan fingerprint density at radius 3 is 2.47 bits per heavy atom. The van der Waals surface area contributed by atoms with Gasteiger partial charge >= 0.3 is 0 Å². The zero-order chi connectivity index (χ0) is 13.8. The van der Waals surface area contributed by atoms with Crippen LogP contribution in [0.25, 0.3) is 0 Å². The van der Waals surface area contributed by atoms with Crippen LogP contribution in [0.4, 0.5) is 0 Å². The number of ether oxygens (including phenoxy) is 2. The molecule has 0 radical (unpaired) electrons. The number of rotatable bonds is 4. The molecule has 0 saturated carbocycles. The Bertz CT molecular complexity index is 588. The van der Waals surface area contributed by atoms with E-state index in [-0.39, 0.29) is 0 Å². The van der Waals surface area contributed by atoms with Gasteiger partial charge in [0, 0.05) is 12.0 Å². The van der Waals surface area contributed by atoms with Gasteiger partial charge in [-0.2, -0.15) is 4.98 Å². The van der Waals surface area contributed by atoms with Crippen molar-refractivity contribution >= 4 is 11.6 Å². The third-order valence-corrected chi connectivity index (χ3v) is 3.05. The highest BCUT2D eigenvalue weighted by molar-refractivity contribution is 6.30. The maximum atomic E-state index is 6.08. The van der Waals surface area contributed by atoms with Crippen LogP contribution in [0.3, 0.4) is 0 Å². The first kappa shape index (κ1) is 13.6. The van der Waals surface area contributed by atoms with Crippen LogP contribution in [0.2, 0.25) is 5.15 Å². The van der Waals surface area contributed by atoms with Gasteiger partial charge in [0.1, 0.15) is 11.0 Å². The smallest absolute Gasteiger partial charge is 0.227 e. The van der Waals surface area contributed by atoms with E-state index in [0.717, 1.165) is 0 Å². The topological polar surface area (TPSA) is 44.2 Å². The third kappa shape index (κ3) is 2.96. The Morgan fingerprint density at radius 2 is 1.84 bits per heavy atom. The summed E-state index contributed by atoms with van der Waals surface area (Å²) < 4.78 is 11.0. The number of aryl methyl sites for hydroxylation is 1. The van der Waals surface area contributed by atoms with Crippen LogP contribution in [0.5, 0.6) is 17.4 Å². The molecular formula is C14H15ClN2O2. The Labute approximate surface area is 117 Å². The second kappa shape index (κ2) is 5.89. The van der Waals surface area contributed by atoms with Crippen molar-refractivity contribution in [2.24, 2.45) is 0 Å². The van der Waals surface area contributed by atoms with Gasteiger partial charge in [0.15, 0.2) is 11.5 Å². The molecule has 2 rings (SSSR count). The Morgan fingerprint density at radius 1 is 1.16 bits per heavy atom. The van der Waals surface area contributed by atoms with Crippen LogP contribution in [0.15, 0.2) is 24.3 Å². The summed E-state index contributed by atoms with van der Waals surface area (Å²) in [6.07, 6.45) is 0.697. The normalized spacial score (nSPS) is 10.3. The number of para-hydroxylation sites is 2. The average molecular weight is 279 g/mol. The molecule has 2 aromatic rings. The molecule has 0 aliphatic rings. The summed E-state index contributed by atoms with van der Waals surface area (Å²) in [6, 6.07) is 7.40. The summed E-state index contributed by atoms with van der Waals surface area (Å²) in [6.45, 7) is 3.79. The molecule has 0 atom stereocenters. The van der Waals surface area contributed by atoms with Crippen LogP contribution in [0, 0.1) is 6.92 Å². The summed E-state index contributed by atoms with van der Waals surface area (Å²) in [5.74, 6) is 2.36. The van der Waals surface area contributed by atoms with Crippen molar-refractivity contribution in [2.45, 2.75) is 20.3 Å². The van der Waals surface area contributed by atoms with Crippen LogP contribution < -0.4 is 9.47 Å². The third-order valence-electron chi connectivity index (χ3n) is 2.68. The molecular weight excluding hydrogens is 264 g/mol. The molecule has 5 heteroatoms. The number of nitrogens with zero attached hydrogens (tertiary/aromatic N) is 2. The lowest BCUT2D eigenvalue weighted by molar-refractivity contribution is 0.372. The average Bonchev–Trinajstić information content (AvgIpc) is 2.44. The molecule has 0 unspecified atom stereocenters. The van der Waals surface area contributed by atoms with Crippen molar-refractivity contribution in [3.8, 4) is 17.4 Å². The van der Waals surface area contributed by atoms with Crippen molar-refractivity contribution in [2.75, 3.05) is 7.11 Å². The maximum absolute atomic E-state index is 6.08. The van der Waals surface area contributed by atoms with Crippen LogP contribution >= 0.6 is 11.6 Å². The molecule has 100 valence electrons. The molecule has 0 amide bonds. The van der Waals surface area contributed by atoms with Gasteiger partial charge in [0.05, 0.1) is 7.11 Å². The molecule has 0 aliphatic carbocycles. The number of methoxy groups -OCH3 is 1. The molecule has 1 aromatic carbocycles. The van der Waals surface area contributed by atoms with Gasteiger partial charge in [-0.25, -0.2) is 4.98 Å². The van der Waals surface area contributed by atoms with Crippen LogP contribution in [0.1, 0.15) is 18.3 Å². The molecule has 0 spiro atoms. The minimum atomic E-state index is 0.414. The highest BCUT2D eigenvalue weighted by Gasteiger charge is 2.12. The molecule has 0 aliphatic heterocycles. The molecule has 0 fully saturated rings. The molecule has 19 heavy (non-hydrogen) atoms. The quantitative estimate of drug-likeness (QED) is 0.798. The van der Waals surface area contributed by atoms with Gasteiger partial charge in [-0.3, -0.25) is 0 Å². The van der Waals surface area contributed by atoms with Gasteiger partial charge in [-0.05, 0) is 19.1 Å². The minimum absolute atomic E-state index is 0.414. The van der Waals surface area contributed by atoms with E-state index in [1.54, 1.807) is 7.11 Å². The highest BCUT2D eigenvalue weighted by atomic mass is 35.5. The highest BCUT2D eigenvalue weighted by Crippen LogP contribution is 2.32. The van der Waals surface area contributed by atoms with Gasteiger partial charge < -0.3 is 9.47 Å². The van der Waals surface area contributed by atoms with Crippen molar-refractivity contribution in [1.29, 1.82) is 0 Å². The molecule has 1 aromatic heterocycles. The lowest BCUT2D eigenvalue weighted by atomic mass is 10.3. The monoisotopic (exact) mass is 278 g/mol. The van der Waals surface area contributed by atoms with E-state index in [4.69, 9.17) is 21.1 Å². The predicted octanol–water partition coefficient (Wildman–Crippen LogP) is 3.80. The van der Waals surface area contributed by atoms with E-state index in [1.807, 2.05) is 38.1 Å². The van der Waals surface area contributed by atoms with E-state index in [1.165, 1.54) is 0 Å². The second-order valence-electron chi connectivity index (χ2n) is 3.97. The predicted molar refractivity (Wildman–Crippen MR) is 74.2 cm³/mol. The second-order valence-corrected chi connectivity index (χ2v) is 4.33. The zero-order valence-electron chi connectivity index (χ0n) is 11.1. The fourth-order valence-corrected chi connectivity index (χ4v) is 1.75. The van der Waals surface area contributed by atoms with E-state index in [9.17, 15) is 0 Å². The number of hydrogen-bond acceptors (Lipinski definition) is 4. The van der Waals surface area contributed by atoms with Gasteiger partial charge in [0.25, 0.3) is 0 Å². The summed E-state index contributed by atoms with van der Waals surface area (Å²) >= 11 is 6.08. The van der Waals surface area contributed by atoms with E-state index in [2.05, 4.69) is 9.97 Å². The van der Waals surface area contributed by atoms with Crippen molar-refractivity contribution in [3.05, 3.63) is 40.8 Å². The first-order valence-electron chi connectivity index (χ1n) is 5.99. The van der Waals surface area contributed by atoms with Crippen molar-refractivity contribution in [3.63, 3.8) is 0 Å². The minimum Gasteiger partial charge on any atom is -0.493 e. The number of halogens is 1. The number of benzene rings is 1. The fourth-order valence-electron chi connectivity index (χ4n) is 1.58. The molecule has 1 heterocycles. The maximum Gasteiger partial charge on any atom is 0.227 e. The molecule has 4 nitrogen and oxygen atoms in total. The summed E-state index contributed by atoms with van der Waals surface area (Å²) in [4.78, 5) is 8.53. The van der Waals surface area contributed by atoms with Gasteiger partial charge in [-0.15, -0.1) is 0 Å². The largest absolute Gasteiger partial charge is 0.493 e. The van der Waals surface area contributed by atoms with Crippen LogP contribution in [-0.2, 0) is 6.42 Å². The first-order chi connectivity index (χ1) is 9.15. The lowest BCUT2D eigenvalue weighted by Crippen LogP contribution is -2.00. The summed E-state index contributed by atoms with van der Waals surface area (Å²) in [7, 11) is 1.60. The zero-order valence-corrected chi connectivity index (χ0v) is 11.9. The lowest BCUT2D eigenvalue weighted by Gasteiger charge is -2.12. The number of aromatic nitrogens is 2. The number of hydrogen-bond donors (Lipinski definition) is 0. The summed E-state index contributed by atoms with van der Waals surface area (Å²) in [5.41, 5.74) is 0.713. The van der Waals surface area contributed by atoms with Crippen molar-refractivity contribution in [1.82, 2.24) is 9.97 Å². The van der Waals surface area contributed by atoms with Gasteiger partial charge in [0.2, 0.25) is 5.88 Å². The molecule has 0 bridgehead atoms. The Kier molecular flexibility index (Phi) is 4.22. The Hall–Kier alpha value is -1.81. The van der Waals surface area contributed by atoms with Crippen molar-refractivity contribution < 1.29 is 9.47 Å². The Balaban J connectivity index is 2.40. The van der Waals surface area contributed by atoms with Crippen LogP contribution in [-0.4, -0.2) is 17.1 Å². The van der Waals surface area contributed by atoms with E-state index < -0.39 is 0 Å². The SMILES string of the molecule is CCc1nc(Cl)c(C)c(Oc2ccccc2OC)n1. The fraction of sp³-hybridized carbons (Fsp3) is 0.286. The van der Waals surface area contributed by atoms with Gasteiger partial charge in [-0.1, -0.05) is 30.7 Å². The van der Waals surface area contributed by atoms with E-state index in [0.29, 0.717) is 40.3 Å². The standard InChI is InChI=1S/C14H15ClN2O2/c1-4-12-16-13(15)9(2)14(17-12)19-11-8-6-5-7-10(11)18-3/h5-8H,4H2,1-3H3. The van der Waals surface area contributed by atoms with E-state index >= 15 is 0 Å². The first-order valence-corrected chi connectivity index (χ1v) is 6.37.